The van der Waals surface area contributed by atoms with Gasteiger partial charge in [0.15, 0.2) is 5.72 Å². The molecule has 1 unspecified atom stereocenters. The average molecular weight is 303 g/mol. The van der Waals surface area contributed by atoms with Gasteiger partial charge in [0.1, 0.15) is 0 Å². The maximum atomic E-state index is 12.0. The Morgan fingerprint density at radius 3 is 2.50 bits per heavy atom. The monoisotopic (exact) mass is 303 g/mol. The van der Waals surface area contributed by atoms with Crippen LogP contribution in [0.4, 0.5) is 10.5 Å². The van der Waals surface area contributed by atoms with Crippen molar-refractivity contribution in [3.05, 3.63) is 35.9 Å². The SMILES string of the molecule is CC(C)COC1(CC(C)C)C=Cc2ccccc2N1C(=O)O. The Labute approximate surface area is 132 Å². The van der Waals surface area contributed by atoms with Crippen LogP contribution in [0.3, 0.4) is 0 Å². The molecule has 0 spiro atoms. The third kappa shape index (κ3) is 3.33. The number of carboxylic acid groups (broad SMARTS) is 1. The zero-order valence-electron chi connectivity index (χ0n) is 13.7. The van der Waals surface area contributed by atoms with Crippen molar-refractivity contribution in [3.8, 4) is 0 Å². The Hall–Kier alpha value is -1.81. The molecule has 1 N–H and O–H groups in total. The van der Waals surface area contributed by atoms with Crippen LogP contribution in [0.1, 0.15) is 39.7 Å². The Kier molecular flexibility index (Phi) is 4.91. The first-order valence-electron chi connectivity index (χ1n) is 7.81. The summed E-state index contributed by atoms with van der Waals surface area (Å²) in [7, 11) is 0. The lowest BCUT2D eigenvalue weighted by Gasteiger charge is -2.44. The van der Waals surface area contributed by atoms with E-state index in [1.54, 1.807) is 0 Å². The molecule has 22 heavy (non-hydrogen) atoms. The Bertz CT molecular complexity index is 565. The number of fused-ring (bicyclic) bond motifs is 1. The second kappa shape index (κ2) is 6.53. The molecule has 1 aliphatic rings. The first-order valence-corrected chi connectivity index (χ1v) is 7.81. The van der Waals surface area contributed by atoms with E-state index in [1.165, 1.54) is 4.90 Å². The summed E-state index contributed by atoms with van der Waals surface area (Å²) in [6.07, 6.45) is 3.50. The minimum atomic E-state index is -0.985. The molecule has 120 valence electrons. The third-order valence-corrected chi connectivity index (χ3v) is 3.64. The summed E-state index contributed by atoms with van der Waals surface area (Å²) in [6.45, 7) is 8.80. The molecule has 1 aliphatic heterocycles. The molecule has 0 saturated carbocycles. The van der Waals surface area contributed by atoms with Crippen molar-refractivity contribution >= 4 is 17.9 Å². The number of amides is 1. The number of hydrogen-bond donors (Lipinski definition) is 1. The highest BCUT2D eigenvalue weighted by Gasteiger charge is 2.43. The molecule has 4 heteroatoms. The minimum absolute atomic E-state index is 0.309. The van der Waals surface area contributed by atoms with Gasteiger partial charge in [-0.2, -0.15) is 0 Å². The predicted molar refractivity (Wildman–Crippen MR) is 89.0 cm³/mol. The van der Waals surface area contributed by atoms with Crippen LogP contribution in [-0.2, 0) is 4.74 Å². The molecule has 0 fully saturated rings. The summed E-state index contributed by atoms with van der Waals surface area (Å²) in [5.74, 6) is 0.647. The van der Waals surface area contributed by atoms with Gasteiger partial charge in [-0.05, 0) is 29.5 Å². The standard InChI is InChI=1S/C18H25NO3/c1-13(2)11-18(22-12-14(3)4)10-9-15-7-5-6-8-16(15)19(18)17(20)21/h5-10,13-14H,11-12H2,1-4H3,(H,20,21). The van der Waals surface area contributed by atoms with Gasteiger partial charge < -0.3 is 9.84 Å². The molecule has 0 bridgehead atoms. The number of hydrogen-bond acceptors (Lipinski definition) is 2. The molecular formula is C18H25NO3. The second-order valence-electron chi connectivity index (χ2n) is 6.66. The zero-order chi connectivity index (χ0) is 16.3. The van der Waals surface area contributed by atoms with Gasteiger partial charge in [0, 0.05) is 6.42 Å². The van der Waals surface area contributed by atoms with E-state index in [4.69, 9.17) is 4.74 Å². The van der Waals surface area contributed by atoms with E-state index in [2.05, 4.69) is 27.7 Å². The van der Waals surface area contributed by atoms with Crippen LogP contribution in [0.5, 0.6) is 0 Å². The van der Waals surface area contributed by atoms with Gasteiger partial charge >= 0.3 is 6.09 Å². The Balaban J connectivity index is 2.48. The molecule has 4 nitrogen and oxygen atoms in total. The van der Waals surface area contributed by atoms with E-state index in [1.807, 2.05) is 36.4 Å². The van der Waals surface area contributed by atoms with E-state index in [0.717, 1.165) is 5.56 Å². The fourth-order valence-electron chi connectivity index (χ4n) is 2.82. The molecular weight excluding hydrogens is 278 g/mol. The normalized spacial score (nSPS) is 20.5. The van der Waals surface area contributed by atoms with Crippen LogP contribution in [0, 0.1) is 11.8 Å². The number of carbonyl (C=O) groups is 1. The summed E-state index contributed by atoms with van der Waals surface area (Å²) in [6, 6.07) is 7.52. The fraction of sp³-hybridized carbons (Fsp3) is 0.500. The molecule has 1 aromatic rings. The number of anilines is 1. The van der Waals surface area contributed by atoms with E-state index >= 15 is 0 Å². The summed E-state index contributed by atoms with van der Waals surface area (Å²) < 4.78 is 6.13. The van der Waals surface area contributed by atoms with Gasteiger partial charge in [0.25, 0.3) is 0 Å². The largest absolute Gasteiger partial charge is 0.465 e. The highest BCUT2D eigenvalue weighted by Crippen LogP contribution is 2.39. The molecule has 1 amide bonds. The van der Waals surface area contributed by atoms with Gasteiger partial charge in [0.2, 0.25) is 0 Å². The topological polar surface area (TPSA) is 49.8 Å². The quantitative estimate of drug-likeness (QED) is 0.864. The molecule has 1 aromatic carbocycles. The Morgan fingerprint density at radius 2 is 1.91 bits per heavy atom. The number of ether oxygens (including phenoxy) is 1. The third-order valence-electron chi connectivity index (χ3n) is 3.64. The van der Waals surface area contributed by atoms with Crippen molar-refractivity contribution in [1.82, 2.24) is 0 Å². The lowest BCUT2D eigenvalue weighted by molar-refractivity contribution is -0.0342. The number of rotatable bonds is 5. The molecule has 0 aliphatic carbocycles. The summed E-state index contributed by atoms with van der Waals surface area (Å²) in [5, 5.41) is 9.81. The molecule has 1 atom stereocenters. The average Bonchev–Trinajstić information content (AvgIpc) is 2.44. The van der Waals surface area contributed by atoms with Crippen LogP contribution in [0.15, 0.2) is 30.3 Å². The van der Waals surface area contributed by atoms with Crippen molar-refractivity contribution in [2.45, 2.75) is 39.8 Å². The highest BCUT2D eigenvalue weighted by atomic mass is 16.5. The summed E-state index contributed by atoms with van der Waals surface area (Å²) in [5.41, 5.74) is 0.651. The van der Waals surface area contributed by atoms with Crippen molar-refractivity contribution in [3.63, 3.8) is 0 Å². The Morgan fingerprint density at radius 1 is 1.23 bits per heavy atom. The molecule has 1 heterocycles. The van der Waals surface area contributed by atoms with Crippen molar-refractivity contribution < 1.29 is 14.6 Å². The second-order valence-corrected chi connectivity index (χ2v) is 6.66. The van der Waals surface area contributed by atoms with E-state index < -0.39 is 11.8 Å². The van der Waals surface area contributed by atoms with Gasteiger partial charge in [-0.3, -0.25) is 0 Å². The smallest absolute Gasteiger partial charge is 0.414 e. The van der Waals surface area contributed by atoms with E-state index in [9.17, 15) is 9.90 Å². The van der Waals surface area contributed by atoms with Gasteiger partial charge in [-0.25, -0.2) is 9.69 Å². The number of benzene rings is 1. The number of nitrogens with zero attached hydrogens (tertiary/aromatic N) is 1. The zero-order valence-corrected chi connectivity index (χ0v) is 13.7. The lowest BCUT2D eigenvalue weighted by atomic mass is 9.92. The first kappa shape index (κ1) is 16.6. The fourth-order valence-corrected chi connectivity index (χ4v) is 2.82. The molecule has 0 aromatic heterocycles. The van der Waals surface area contributed by atoms with Crippen LogP contribution < -0.4 is 4.90 Å². The lowest BCUT2D eigenvalue weighted by Crippen LogP contribution is -2.55. The van der Waals surface area contributed by atoms with Gasteiger partial charge in [0.05, 0.1) is 12.3 Å². The number of para-hydroxylation sites is 1. The van der Waals surface area contributed by atoms with E-state index in [-0.39, 0.29) is 0 Å². The van der Waals surface area contributed by atoms with Crippen molar-refractivity contribution in [2.75, 3.05) is 11.5 Å². The van der Waals surface area contributed by atoms with Crippen molar-refractivity contribution in [1.29, 1.82) is 0 Å². The highest BCUT2D eigenvalue weighted by molar-refractivity contribution is 5.93. The summed E-state index contributed by atoms with van der Waals surface area (Å²) >= 11 is 0. The first-order chi connectivity index (χ1) is 10.4. The molecule has 0 radical (unpaired) electrons. The maximum absolute atomic E-state index is 12.0. The van der Waals surface area contributed by atoms with Crippen LogP contribution in [-0.4, -0.2) is 23.5 Å². The van der Waals surface area contributed by atoms with Crippen LogP contribution in [0.2, 0.25) is 0 Å². The van der Waals surface area contributed by atoms with Crippen LogP contribution >= 0.6 is 0 Å². The predicted octanol–water partition coefficient (Wildman–Crippen LogP) is 4.61. The minimum Gasteiger partial charge on any atom is -0.465 e. The van der Waals surface area contributed by atoms with E-state index in [0.29, 0.717) is 30.6 Å². The van der Waals surface area contributed by atoms with Gasteiger partial charge in [-0.15, -0.1) is 0 Å². The molecule has 2 rings (SSSR count). The van der Waals surface area contributed by atoms with Gasteiger partial charge in [-0.1, -0.05) is 52.0 Å². The van der Waals surface area contributed by atoms with Crippen LogP contribution in [0.25, 0.3) is 6.08 Å². The molecule has 0 saturated heterocycles. The summed E-state index contributed by atoms with van der Waals surface area (Å²) in [4.78, 5) is 13.4. The van der Waals surface area contributed by atoms with Crippen molar-refractivity contribution in [2.24, 2.45) is 11.8 Å². The maximum Gasteiger partial charge on any atom is 0.414 e.